The van der Waals surface area contributed by atoms with Crippen molar-refractivity contribution < 1.29 is 23.8 Å². The number of carbonyl (C=O) groups is 1. The molecule has 0 aromatic rings. The summed E-state index contributed by atoms with van der Waals surface area (Å²) in [5.74, 6) is 0. The molecular formula is C17H34O5Si. The fraction of sp³-hybridized carbons (Fsp3) is 0.941. The molecule has 6 heteroatoms. The van der Waals surface area contributed by atoms with Crippen molar-refractivity contribution in [3.63, 3.8) is 0 Å². The zero-order valence-electron chi connectivity index (χ0n) is 15.7. The van der Waals surface area contributed by atoms with Crippen LogP contribution in [-0.2, 0) is 18.7 Å². The van der Waals surface area contributed by atoms with Gasteiger partial charge in [-0.05, 0) is 38.4 Å². The molecule has 0 aliphatic carbocycles. The quantitative estimate of drug-likeness (QED) is 0.566. The molecule has 23 heavy (non-hydrogen) atoms. The van der Waals surface area contributed by atoms with Crippen molar-refractivity contribution in [2.24, 2.45) is 0 Å². The number of ether oxygens (including phenoxy) is 2. The van der Waals surface area contributed by atoms with E-state index in [1.165, 1.54) is 0 Å². The lowest BCUT2D eigenvalue weighted by molar-refractivity contribution is -0.271. The molecule has 1 fully saturated rings. The molecule has 0 aromatic carbocycles. The van der Waals surface area contributed by atoms with Gasteiger partial charge in [0.2, 0.25) is 0 Å². The van der Waals surface area contributed by atoms with Gasteiger partial charge in [-0.1, -0.05) is 20.8 Å². The van der Waals surface area contributed by atoms with Gasteiger partial charge in [0.15, 0.2) is 14.6 Å². The minimum Gasteiger partial charge on any atom is -0.411 e. The summed E-state index contributed by atoms with van der Waals surface area (Å²) >= 11 is 0. The lowest BCUT2D eigenvalue weighted by Crippen LogP contribution is -2.54. The van der Waals surface area contributed by atoms with E-state index in [4.69, 9.17) is 13.9 Å². The summed E-state index contributed by atoms with van der Waals surface area (Å²) in [5.41, 5.74) is 0. The molecule has 5 nitrogen and oxygen atoms in total. The standard InChI is InChI=1S/C17H34O5Si/c1-12(9-8-10-18)20-16-14(19)11-15(13(2)21-16)22-23(6,7)17(3,4)5/h10,12-16,19H,8-9,11H2,1-7H3/t12-,13+,14-,15?,16-/m1/s1. The van der Waals surface area contributed by atoms with Gasteiger partial charge in [-0.2, -0.15) is 0 Å². The summed E-state index contributed by atoms with van der Waals surface area (Å²) in [6.07, 6.45) is 0.760. The average molecular weight is 347 g/mol. The van der Waals surface area contributed by atoms with Gasteiger partial charge in [0.1, 0.15) is 12.4 Å². The van der Waals surface area contributed by atoms with Crippen LogP contribution in [0.15, 0.2) is 0 Å². The third kappa shape index (κ3) is 5.94. The van der Waals surface area contributed by atoms with Crippen LogP contribution in [-0.4, -0.2) is 50.4 Å². The predicted molar refractivity (Wildman–Crippen MR) is 92.9 cm³/mol. The molecular weight excluding hydrogens is 312 g/mol. The van der Waals surface area contributed by atoms with E-state index in [-0.39, 0.29) is 23.4 Å². The molecule has 136 valence electrons. The lowest BCUT2D eigenvalue weighted by Gasteiger charge is -2.45. The van der Waals surface area contributed by atoms with Crippen LogP contribution in [0.5, 0.6) is 0 Å². The van der Waals surface area contributed by atoms with E-state index in [1.807, 2.05) is 13.8 Å². The predicted octanol–water partition coefficient (Wildman–Crippen LogP) is 3.26. The molecule has 1 saturated heterocycles. The third-order valence-electron chi connectivity index (χ3n) is 4.97. The van der Waals surface area contributed by atoms with Gasteiger partial charge in [0.25, 0.3) is 0 Å². The molecule has 5 atom stereocenters. The smallest absolute Gasteiger partial charge is 0.192 e. The summed E-state index contributed by atoms with van der Waals surface area (Å²) < 4.78 is 18.0. The van der Waals surface area contributed by atoms with E-state index in [9.17, 15) is 9.90 Å². The molecule has 0 aromatic heterocycles. The van der Waals surface area contributed by atoms with Crippen LogP contribution in [0.3, 0.4) is 0 Å². The Labute approximate surface area is 141 Å². The first-order chi connectivity index (χ1) is 10.5. The molecule has 1 unspecified atom stereocenters. The van der Waals surface area contributed by atoms with E-state index in [2.05, 4.69) is 33.9 Å². The van der Waals surface area contributed by atoms with Crippen LogP contribution in [0.25, 0.3) is 0 Å². The second-order valence-corrected chi connectivity index (χ2v) is 12.9. The van der Waals surface area contributed by atoms with E-state index >= 15 is 0 Å². The zero-order valence-corrected chi connectivity index (χ0v) is 16.7. The highest BCUT2D eigenvalue weighted by Crippen LogP contribution is 2.39. The maximum absolute atomic E-state index is 10.4. The molecule has 1 aliphatic rings. The summed E-state index contributed by atoms with van der Waals surface area (Å²) in [6, 6.07) is 0. The number of hydrogen-bond acceptors (Lipinski definition) is 5. The van der Waals surface area contributed by atoms with Crippen LogP contribution in [0.1, 0.15) is 53.9 Å². The number of rotatable bonds is 7. The number of aliphatic hydroxyl groups excluding tert-OH is 1. The average Bonchev–Trinajstić information content (AvgIpc) is 2.40. The van der Waals surface area contributed by atoms with Gasteiger partial charge < -0.3 is 23.8 Å². The highest BCUT2D eigenvalue weighted by atomic mass is 28.4. The molecule has 0 radical (unpaired) electrons. The Balaban J connectivity index is 2.61. The monoisotopic (exact) mass is 346 g/mol. The van der Waals surface area contributed by atoms with Crippen LogP contribution in [0.4, 0.5) is 0 Å². The third-order valence-corrected chi connectivity index (χ3v) is 9.47. The van der Waals surface area contributed by atoms with Crippen molar-refractivity contribution in [2.45, 2.75) is 103 Å². The van der Waals surface area contributed by atoms with Gasteiger partial charge in [-0.25, -0.2) is 0 Å². The molecule has 1 aliphatic heterocycles. The first-order valence-electron chi connectivity index (χ1n) is 8.58. The normalized spacial score (nSPS) is 31.0. The van der Waals surface area contributed by atoms with Gasteiger partial charge >= 0.3 is 0 Å². The summed E-state index contributed by atoms with van der Waals surface area (Å²) in [4.78, 5) is 10.4. The largest absolute Gasteiger partial charge is 0.411 e. The van der Waals surface area contributed by atoms with Crippen molar-refractivity contribution in [1.82, 2.24) is 0 Å². The van der Waals surface area contributed by atoms with Crippen molar-refractivity contribution in [3.8, 4) is 0 Å². The summed E-state index contributed by atoms with van der Waals surface area (Å²) in [6.45, 7) is 14.9. The van der Waals surface area contributed by atoms with Crippen LogP contribution < -0.4 is 0 Å². The highest BCUT2D eigenvalue weighted by molar-refractivity contribution is 6.74. The molecule has 1 rings (SSSR count). The van der Waals surface area contributed by atoms with Crippen molar-refractivity contribution >= 4 is 14.6 Å². The fourth-order valence-electron chi connectivity index (χ4n) is 2.35. The molecule has 0 bridgehead atoms. The van der Waals surface area contributed by atoms with Crippen molar-refractivity contribution in [3.05, 3.63) is 0 Å². The second kappa shape index (κ2) is 8.21. The number of aldehydes is 1. The fourth-order valence-corrected chi connectivity index (χ4v) is 3.75. The Kier molecular flexibility index (Phi) is 7.41. The number of carbonyl (C=O) groups excluding carboxylic acids is 1. The minimum absolute atomic E-state index is 0.115. The minimum atomic E-state index is -1.91. The molecule has 1 heterocycles. The first kappa shape index (κ1) is 20.8. The highest BCUT2D eigenvalue weighted by Gasteiger charge is 2.44. The van der Waals surface area contributed by atoms with E-state index in [1.54, 1.807) is 0 Å². The van der Waals surface area contributed by atoms with Crippen molar-refractivity contribution in [1.29, 1.82) is 0 Å². The van der Waals surface area contributed by atoms with E-state index < -0.39 is 20.7 Å². The first-order valence-corrected chi connectivity index (χ1v) is 11.5. The zero-order chi connectivity index (χ0) is 17.8. The van der Waals surface area contributed by atoms with E-state index in [0.717, 1.165) is 6.29 Å². The van der Waals surface area contributed by atoms with Crippen LogP contribution >= 0.6 is 0 Å². The van der Waals surface area contributed by atoms with Crippen molar-refractivity contribution in [2.75, 3.05) is 0 Å². The molecule has 1 N–H and O–H groups in total. The van der Waals surface area contributed by atoms with Crippen LogP contribution in [0, 0.1) is 0 Å². The molecule has 0 spiro atoms. The maximum Gasteiger partial charge on any atom is 0.192 e. The summed E-state index contributed by atoms with van der Waals surface area (Å²) in [5, 5.41) is 10.5. The van der Waals surface area contributed by atoms with Gasteiger partial charge in [0.05, 0.1) is 18.3 Å². The van der Waals surface area contributed by atoms with Gasteiger partial charge in [-0.15, -0.1) is 0 Å². The van der Waals surface area contributed by atoms with Crippen LogP contribution in [0.2, 0.25) is 18.1 Å². The van der Waals surface area contributed by atoms with E-state index in [0.29, 0.717) is 19.3 Å². The number of hydrogen-bond donors (Lipinski definition) is 1. The Morgan fingerprint density at radius 3 is 2.52 bits per heavy atom. The number of aliphatic hydroxyl groups is 1. The SMILES string of the molecule is C[C@H](CCC=O)O[C@@H]1O[C@@H](C)C(O[Si](C)(C)C(C)(C)C)C[C@H]1O. The topological polar surface area (TPSA) is 65.0 Å². The Morgan fingerprint density at radius 1 is 1.39 bits per heavy atom. The maximum atomic E-state index is 10.4. The van der Waals surface area contributed by atoms with Gasteiger partial charge in [0, 0.05) is 12.8 Å². The summed E-state index contributed by atoms with van der Waals surface area (Å²) in [7, 11) is -1.91. The second-order valence-electron chi connectivity index (χ2n) is 8.12. The molecule has 0 amide bonds. The lowest BCUT2D eigenvalue weighted by atomic mass is 10.0. The molecule has 0 saturated carbocycles. The Morgan fingerprint density at radius 2 is 2.00 bits per heavy atom. The Bertz CT molecular complexity index is 380. The Hall–Kier alpha value is -0.273. The van der Waals surface area contributed by atoms with Gasteiger partial charge in [-0.3, -0.25) is 0 Å².